The number of amides is 3. The first-order chi connectivity index (χ1) is 7.69. The molecule has 1 aliphatic carbocycles. The summed E-state index contributed by atoms with van der Waals surface area (Å²) >= 11 is 0. The number of urea groups is 1. The Kier molecular flexibility index (Phi) is 3.46. The standard InChI is InChI=1S/C12H20N2O2/c1-2-9-3-5-10(6-4-9)7-14-8-11(15)13-12(14)16/h9-10H,2-8H2,1H3,(H,13,15,16). The highest BCUT2D eigenvalue weighted by molar-refractivity contribution is 6.01. The SMILES string of the molecule is CCC1CCC(CN2CC(=O)NC2=O)CC1. The average molecular weight is 224 g/mol. The molecule has 2 aliphatic rings. The summed E-state index contributed by atoms with van der Waals surface area (Å²) in [5.41, 5.74) is 0. The summed E-state index contributed by atoms with van der Waals surface area (Å²) in [5.74, 6) is 1.32. The smallest absolute Gasteiger partial charge is 0.315 e. The zero-order valence-corrected chi connectivity index (χ0v) is 9.87. The fraction of sp³-hybridized carbons (Fsp3) is 0.833. The molecule has 90 valence electrons. The number of hydrogen-bond acceptors (Lipinski definition) is 2. The van der Waals surface area contributed by atoms with E-state index in [1.54, 1.807) is 4.90 Å². The van der Waals surface area contributed by atoms with Crippen molar-refractivity contribution in [3.05, 3.63) is 0 Å². The second-order valence-corrected chi connectivity index (χ2v) is 5.03. The first-order valence-electron chi connectivity index (χ1n) is 6.27. The monoisotopic (exact) mass is 224 g/mol. The predicted molar refractivity (Wildman–Crippen MR) is 60.9 cm³/mol. The topological polar surface area (TPSA) is 49.4 Å². The van der Waals surface area contributed by atoms with E-state index in [9.17, 15) is 9.59 Å². The Bertz CT molecular complexity index is 283. The van der Waals surface area contributed by atoms with Crippen LogP contribution in [0.15, 0.2) is 0 Å². The minimum atomic E-state index is -0.206. The van der Waals surface area contributed by atoms with Crippen LogP contribution < -0.4 is 5.32 Å². The van der Waals surface area contributed by atoms with Crippen LogP contribution in [0.3, 0.4) is 0 Å². The zero-order valence-electron chi connectivity index (χ0n) is 9.87. The molecule has 2 rings (SSSR count). The Morgan fingerprint density at radius 3 is 2.31 bits per heavy atom. The van der Waals surface area contributed by atoms with Crippen LogP contribution in [0.5, 0.6) is 0 Å². The Morgan fingerprint density at radius 2 is 1.81 bits per heavy atom. The summed E-state index contributed by atoms with van der Waals surface area (Å²) in [4.78, 5) is 24.1. The van der Waals surface area contributed by atoms with Gasteiger partial charge >= 0.3 is 6.03 Å². The first kappa shape index (κ1) is 11.4. The molecule has 0 atom stereocenters. The van der Waals surface area contributed by atoms with E-state index in [-0.39, 0.29) is 18.5 Å². The molecule has 2 fully saturated rings. The molecule has 1 saturated carbocycles. The van der Waals surface area contributed by atoms with Crippen LogP contribution in [0, 0.1) is 11.8 Å². The molecule has 0 radical (unpaired) electrons. The van der Waals surface area contributed by atoms with Gasteiger partial charge in [0, 0.05) is 6.54 Å². The molecule has 1 N–H and O–H groups in total. The van der Waals surface area contributed by atoms with Crippen molar-refractivity contribution in [2.75, 3.05) is 13.1 Å². The van der Waals surface area contributed by atoms with E-state index in [0.717, 1.165) is 12.5 Å². The van der Waals surface area contributed by atoms with Crippen molar-refractivity contribution in [2.45, 2.75) is 39.0 Å². The summed E-state index contributed by atoms with van der Waals surface area (Å²) in [5, 5.41) is 2.32. The maximum Gasteiger partial charge on any atom is 0.324 e. The fourth-order valence-electron chi connectivity index (χ4n) is 2.76. The molecule has 0 unspecified atom stereocenters. The van der Waals surface area contributed by atoms with Gasteiger partial charge in [0.05, 0.1) is 0 Å². The lowest BCUT2D eigenvalue weighted by molar-refractivity contribution is -0.118. The van der Waals surface area contributed by atoms with Crippen molar-refractivity contribution in [2.24, 2.45) is 11.8 Å². The third-order valence-corrected chi connectivity index (χ3v) is 3.89. The third-order valence-electron chi connectivity index (χ3n) is 3.89. The van der Waals surface area contributed by atoms with Crippen molar-refractivity contribution in [1.82, 2.24) is 10.2 Å². The van der Waals surface area contributed by atoms with Gasteiger partial charge < -0.3 is 4.90 Å². The summed E-state index contributed by atoms with van der Waals surface area (Å²) in [6, 6.07) is -0.206. The van der Waals surface area contributed by atoms with Crippen LogP contribution >= 0.6 is 0 Å². The van der Waals surface area contributed by atoms with E-state index < -0.39 is 0 Å². The molecule has 1 saturated heterocycles. The van der Waals surface area contributed by atoms with Crippen molar-refractivity contribution >= 4 is 11.9 Å². The summed E-state index contributed by atoms with van der Waals surface area (Å²) in [6.07, 6.45) is 6.25. The number of nitrogens with zero attached hydrogens (tertiary/aromatic N) is 1. The normalized spacial score (nSPS) is 30.7. The van der Waals surface area contributed by atoms with E-state index in [1.165, 1.54) is 32.1 Å². The molecule has 4 heteroatoms. The molecule has 1 heterocycles. The van der Waals surface area contributed by atoms with Gasteiger partial charge in [0.1, 0.15) is 6.54 Å². The van der Waals surface area contributed by atoms with E-state index >= 15 is 0 Å². The minimum absolute atomic E-state index is 0.160. The molecule has 0 aromatic rings. The van der Waals surface area contributed by atoms with E-state index in [0.29, 0.717) is 5.92 Å². The van der Waals surface area contributed by atoms with E-state index in [4.69, 9.17) is 0 Å². The number of imide groups is 1. The number of nitrogens with one attached hydrogen (secondary N) is 1. The van der Waals surface area contributed by atoms with Gasteiger partial charge in [0.2, 0.25) is 5.91 Å². The van der Waals surface area contributed by atoms with Gasteiger partial charge in [-0.15, -0.1) is 0 Å². The van der Waals surface area contributed by atoms with Gasteiger partial charge in [-0.2, -0.15) is 0 Å². The van der Waals surface area contributed by atoms with Crippen molar-refractivity contribution in [3.63, 3.8) is 0 Å². The largest absolute Gasteiger partial charge is 0.324 e. The van der Waals surface area contributed by atoms with Crippen molar-refractivity contribution in [3.8, 4) is 0 Å². The molecule has 0 spiro atoms. The van der Waals surface area contributed by atoms with Crippen LogP contribution in [-0.4, -0.2) is 29.9 Å². The maximum absolute atomic E-state index is 11.4. The van der Waals surface area contributed by atoms with Gasteiger partial charge in [-0.25, -0.2) is 4.79 Å². The number of carbonyl (C=O) groups excluding carboxylic acids is 2. The number of carbonyl (C=O) groups is 2. The summed E-state index contributed by atoms with van der Waals surface area (Å²) < 4.78 is 0. The van der Waals surface area contributed by atoms with Crippen molar-refractivity contribution in [1.29, 1.82) is 0 Å². The highest BCUT2D eigenvalue weighted by atomic mass is 16.2. The quantitative estimate of drug-likeness (QED) is 0.742. The van der Waals surface area contributed by atoms with Crippen LogP contribution in [0.4, 0.5) is 4.79 Å². The number of rotatable bonds is 3. The Balaban J connectivity index is 1.78. The minimum Gasteiger partial charge on any atom is -0.315 e. The highest BCUT2D eigenvalue weighted by Crippen LogP contribution is 2.31. The lowest BCUT2D eigenvalue weighted by Gasteiger charge is -2.30. The van der Waals surface area contributed by atoms with Gasteiger partial charge in [-0.05, 0) is 24.7 Å². The zero-order chi connectivity index (χ0) is 11.5. The molecule has 3 amide bonds. The third kappa shape index (κ3) is 2.54. The van der Waals surface area contributed by atoms with E-state index in [1.807, 2.05) is 0 Å². The lowest BCUT2D eigenvalue weighted by atomic mass is 9.81. The first-order valence-corrected chi connectivity index (χ1v) is 6.27. The molecule has 0 aromatic carbocycles. The van der Waals surface area contributed by atoms with Crippen LogP contribution in [0.2, 0.25) is 0 Å². The predicted octanol–water partition coefficient (Wildman–Crippen LogP) is 1.75. The Morgan fingerprint density at radius 1 is 1.19 bits per heavy atom. The summed E-state index contributed by atoms with van der Waals surface area (Å²) in [7, 11) is 0. The van der Waals surface area contributed by atoms with Crippen LogP contribution in [-0.2, 0) is 4.79 Å². The molecule has 1 aliphatic heterocycles. The van der Waals surface area contributed by atoms with Gasteiger partial charge in [-0.1, -0.05) is 26.2 Å². The van der Waals surface area contributed by atoms with Gasteiger partial charge in [0.15, 0.2) is 0 Å². The Labute approximate surface area is 96.4 Å². The van der Waals surface area contributed by atoms with Crippen LogP contribution in [0.25, 0.3) is 0 Å². The highest BCUT2D eigenvalue weighted by Gasteiger charge is 2.30. The molecule has 16 heavy (non-hydrogen) atoms. The average Bonchev–Trinajstić information content (AvgIpc) is 2.59. The van der Waals surface area contributed by atoms with Gasteiger partial charge in [-0.3, -0.25) is 10.1 Å². The Hall–Kier alpha value is -1.06. The van der Waals surface area contributed by atoms with Crippen LogP contribution in [0.1, 0.15) is 39.0 Å². The lowest BCUT2D eigenvalue weighted by Crippen LogP contribution is -2.34. The summed E-state index contributed by atoms with van der Waals surface area (Å²) in [6.45, 7) is 3.26. The fourth-order valence-corrected chi connectivity index (χ4v) is 2.76. The molecule has 0 aromatic heterocycles. The van der Waals surface area contributed by atoms with Crippen molar-refractivity contribution < 1.29 is 9.59 Å². The van der Waals surface area contributed by atoms with Gasteiger partial charge in [0.25, 0.3) is 0 Å². The van der Waals surface area contributed by atoms with E-state index in [2.05, 4.69) is 12.2 Å². The molecular formula is C12H20N2O2. The molecule has 4 nitrogen and oxygen atoms in total. The second-order valence-electron chi connectivity index (χ2n) is 5.03. The molecular weight excluding hydrogens is 204 g/mol. The number of hydrogen-bond donors (Lipinski definition) is 1. The second kappa shape index (κ2) is 4.85. The maximum atomic E-state index is 11.4. The molecule has 0 bridgehead atoms.